The van der Waals surface area contributed by atoms with Crippen molar-refractivity contribution < 1.29 is 14.2 Å². The molecule has 0 fully saturated rings. The Bertz CT molecular complexity index is 433. The lowest BCUT2D eigenvalue weighted by molar-refractivity contribution is 0.324. The van der Waals surface area contributed by atoms with Crippen LogP contribution >= 0.6 is 0 Å². The van der Waals surface area contributed by atoms with Crippen molar-refractivity contribution in [1.29, 1.82) is 0 Å². The Labute approximate surface area is 107 Å². The average molecular weight is 250 g/mol. The minimum atomic E-state index is 0.616. The Kier molecular flexibility index (Phi) is 3.92. The highest BCUT2D eigenvalue weighted by Crippen LogP contribution is 2.38. The smallest absolute Gasteiger partial charge is 0.203 e. The van der Waals surface area contributed by atoms with Crippen molar-refractivity contribution >= 4 is 5.84 Å². The van der Waals surface area contributed by atoms with Crippen LogP contribution < -0.4 is 19.5 Å². The Hall–Kier alpha value is -1.91. The third-order valence-electron chi connectivity index (χ3n) is 2.84. The van der Waals surface area contributed by atoms with Gasteiger partial charge < -0.3 is 19.5 Å². The molecule has 0 unspecified atom stereocenters. The van der Waals surface area contributed by atoms with E-state index in [1.807, 2.05) is 12.1 Å². The largest absolute Gasteiger partial charge is 0.493 e. The van der Waals surface area contributed by atoms with E-state index in [1.54, 1.807) is 21.3 Å². The van der Waals surface area contributed by atoms with E-state index in [0.717, 1.165) is 30.9 Å². The van der Waals surface area contributed by atoms with Crippen LogP contribution in [0.1, 0.15) is 5.56 Å². The Morgan fingerprint density at radius 1 is 1.11 bits per heavy atom. The van der Waals surface area contributed by atoms with Crippen LogP contribution in [0.4, 0.5) is 0 Å². The molecule has 1 aromatic carbocycles. The lowest BCUT2D eigenvalue weighted by atomic mass is 10.1. The summed E-state index contributed by atoms with van der Waals surface area (Å²) in [6.07, 6.45) is 0.747. The highest BCUT2D eigenvalue weighted by atomic mass is 16.5. The Balaban J connectivity index is 2.30. The summed E-state index contributed by atoms with van der Waals surface area (Å²) in [5.74, 6) is 2.96. The number of ether oxygens (including phenoxy) is 3. The summed E-state index contributed by atoms with van der Waals surface area (Å²) >= 11 is 0. The van der Waals surface area contributed by atoms with Gasteiger partial charge in [0.2, 0.25) is 5.75 Å². The van der Waals surface area contributed by atoms with Gasteiger partial charge in [-0.2, -0.15) is 0 Å². The maximum Gasteiger partial charge on any atom is 0.203 e. The third-order valence-corrected chi connectivity index (χ3v) is 2.84. The lowest BCUT2D eigenvalue weighted by Crippen LogP contribution is -2.20. The van der Waals surface area contributed by atoms with Crippen LogP contribution in [-0.2, 0) is 6.42 Å². The van der Waals surface area contributed by atoms with Crippen molar-refractivity contribution in [2.75, 3.05) is 34.4 Å². The molecule has 0 aromatic heterocycles. The van der Waals surface area contributed by atoms with Gasteiger partial charge in [0, 0.05) is 13.0 Å². The fourth-order valence-corrected chi connectivity index (χ4v) is 2.00. The summed E-state index contributed by atoms with van der Waals surface area (Å²) < 4.78 is 15.9. The van der Waals surface area contributed by atoms with Crippen molar-refractivity contribution in [1.82, 2.24) is 5.32 Å². The molecule has 98 valence electrons. The molecule has 2 rings (SSSR count). The van der Waals surface area contributed by atoms with Gasteiger partial charge in [-0.25, -0.2) is 0 Å². The van der Waals surface area contributed by atoms with Crippen molar-refractivity contribution in [3.63, 3.8) is 0 Å². The minimum absolute atomic E-state index is 0.616. The lowest BCUT2D eigenvalue weighted by Gasteiger charge is -2.14. The summed E-state index contributed by atoms with van der Waals surface area (Å²) in [6, 6.07) is 3.90. The van der Waals surface area contributed by atoms with E-state index in [4.69, 9.17) is 14.2 Å². The summed E-state index contributed by atoms with van der Waals surface area (Å²) in [5.41, 5.74) is 1.08. The van der Waals surface area contributed by atoms with Gasteiger partial charge >= 0.3 is 0 Å². The molecule has 0 radical (unpaired) electrons. The number of methoxy groups -OCH3 is 3. The molecule has 1 aliphatic rings. The van der Waals surface area contributed by atoms with E-state index in [1.165, 1.54) is 0 Å². The predicted octanol–water partition coefficient (Wildman–Crippen LogP) is 1.26. The zero-order valence-corrected chi connectivity index (χ0v) is 10.9. The first-order valence-corrected chi connectivity index (χ1v) is 5.84. The summed E-state index contributed by atoms with van der Waals surface area (Å²) in [7, 11) is 4.83. The number of amidine groups is 1. The predicted molar refractivity (Wildman–Crippen MR) is 70.1 cm³/mol. The van der Waals surface area contributed by atoms with Crippen LogP contribution in [0.5, 0.6) is 17.2 Å². The van der Waals surface area contributed by atoms with Crippen molar-refractivity contribution in [2.24, 2.45) is 4.99 Å². The average Bonchev–Trinajstić information content (AvgIpc) is 2.90. The Morgan fingerprint density at radius 2 is 1.78 bits per heavy atom. The molecular formula is C13H18N2O3. The zero-order chi connectivity index (χ0) is 13.0. The maximum absolute atomic E-state index is 5.32. The molecule has 0 atom stereocenters. The van der Waals surface area contributed by atoms with Gasteiger partial charge in [-0.15, -0.1) is 0 Å². The standard InChI is InChI=1S/C13H18N2O3/c1-16-10-6-9(8-12-14-4-5-15-12)7-11(17-2)13(10)18-3/h6-7H,4-5,8H2,1-3H3,(H,14,15). The fourth-order valence-electron chi connectivity index (χ4n) is 2.00. The first kappa shape index (κ1) is 12.5. The van der Waals surface area contributed by atoms with Crippen LogP contribution in [-0.4, -0.2) is 40.3 Å². The number of hydrogen-bond acceptors (Lipinski definition) is 5. The van der Waals surface area contributed by atoms with E-state index in [9.17, 15) is 0 Å². The van der Waals surface area contributed by atoms with Crippen LogP contribution in [0.25, 0.3) is 0 Å². The molecule has 0 amide bonds. The van der Waals surface area contributed by atoms with Crippen LogP contribution in [0.15, 0.2) is 17.1 Å². The number of benzene rings is 1. The highest BCUT2D eigenvalue weighted by Gasteiger charge is 2.15. The molecule has 0 spiro atoms. The number of hydrogen-bond donors (Lipinski definition) is 1. The summed E-state index contributed by atoms with van der Waals surface area (Å²) in [6.45, 7) is 1.76. The normalized spacial score (nSPS) is 13.8. The van der Waals surface area contributed by atoms with Gasteiger partial charge in [0.15, 0.2) is 11.5 Å². The molecule has 5 nitrogen and oxygen atoms in total. The molecule has 5 heteroatoms. The van der Waals surface area contributed by atoms with Gasteiger partial charge in [-0.1, -0.05) is 0 Å². The van der Waals surface area contributed by atoms with E-state index >= 15 is 0 Å². The van der Waals surface area contributed by atoms with Gasteiger partial charge in [0.25, 0.3) is 0 Å². The molecule has 0 saturated carbocycles. The van der Waals surface area contributed by atoms with Crippen LogP contribution in [0.2, 0.25) is 0 Å². The number of nitrogens with one attached hydrogen (secondary N) is 1. The second kappa shape index (κ2) is 5.62. The summed E-state index contributed by atoms with van der Waals surface area (Å²) in [4.78, 5) is 4.38. The van der Waals surface area contributed by atoms with Gasteiger partial charge in [0.1, 0.15) is 5.84 Å². The first-order chi connectivity index (χ1) is 8.78. The molecule has 1 heterocycles. The highest BCUT2D eigenvalue weighted by molar-refractivity contribution is 5.86. The zero-order valence-electron chi connectivity index (χ0n) is 10.9. The van der Waals surface area contributed by atoms with Crippen LogP contribution in [0.3, 0.4) is 0 Å². The number of aliphatic imine (C=N–C) groups is 1. The second-order valence-corrected chi connectivity index (χ2v) is 3.97. The van der Waals surface area contributed by atoms with Crippen LogP contribution in [0, 0.1) is 0 Å². The van der Waals surface area contributed by atoms with E-state index < -0.39 is 0 Å². The first-order valence-electron chi connectivity index (χ1n) is 5.84. The van der Waals surface area contributed by atoms with Gasteiger partial charge in [-0.05, 0) is 17.7 Å². The molecule has 0 aliphatic carbocycles. The van der Waals surface area contributed by atoms with Crippen molar-refractivity contribution in [3.8, 4) is 17.2 Å². The molecule has 1 N–H and O–H groups in total. The van der Waals surface area contributed by atoms with Gasteiger partial charge in [0.05, 0.1) is 27.9 Å². The monoisotopic (exact) mass is 250 g/mol. The van der Waals surface area contributed by atoms with Crippen molar-refractivity contribution in [3.05, 3.63) is 17.7 Å². The summed E-state index contributed by atoms with van der Waals surface area (Å²) in [5, 5.41) is 3.25. The molecular weight excluding hydrogens is 232 g/mol. The number of rotatable bonds is 5. The molecule has 1 aromatic rings. The van der Waals surface area contributed by atoms with E-state index in [0.29, 0.717) is 17.2 Å². The molecule has 0 bridgehead atoms. The quantitative estimate of drug-likeness (QED) is 0.854. The third kappa shape index (κ3) is 2.50. The maximum atomic E-state index is 5.32. The fraction of sp³-hybridized carbons (Fsp3) is 0.462. The van der Waals surface area contributed by atoms with E-state index in [2.05, 4.69) is 10.3 Å². The SMILES string of the molecule is COc1cc(CC2=NCCN2)cc(OC)c1OC. The van der Waals surface area contributed by atoms with Crippen molar-refractivity contribution in [2.45, 2.75) is 6.42 Å². The number of nitrogens with zero attached hydrogens (tertiary/aromatic N) is 1. The van der Waals surface area contributed by atoms with E-state index in [-0.39, 0.29) is 0 Å². The minimum Gasteiger partial charge on any atom is -0.493 e. The Morgan fingerprint density at radius 3 is 2.22 bits per heavy atom. The topological polar surface area (TPSA) is 52.1 Å². The molecule has 18 heavy (non-hydrogen) atoms. The molecule has 0 saturated heterocycles. The van der Waals surface area contributed by atoms with Gasteiger partial charge in [-0.3, -0.25) is 4.99 Å². The molecule has 1 aliphatic heterocycles. The second-order valence-electron chi connectivity index (χ2n) is 3.97.